The van der Waals surface area contributed by atoms with Crippen molar-refractivity contribution in [3.8, 4) is 0 Å². The number of carboxylic acid groups (broad SMARTS) is 1. The SMILES string of the molecule is CC(C)C1SCC(C(=O)O)N1C(=O)COC1CCNCC1. The van der Waals surface area contributed by atoms with Crippen molar-refractivity contribution < 1.29 is 19.4 Å². The normalized spacial score (nSPS) is 27.3. The number of hydrogen-bond acceptors (Lipinski definition) is 5. The molecule has 0 aliphatic carbocycles. The molecule has 7 heteroatoms. The molecule has 2 atom stereocenters. The number of carboxylic acids is 1. The summed E-state index contributed by atoms with van der Waals surface area (Å²) in [6, 6.07) is -0.730. The second-order valence-electron chi connectivity index (χ2n) is 5.88. The quantitative estimate of drug-likeness (QED) is 0.780. The molecule has 2 N–H and O–H groups in total. The van der Waals surface area contributed by atoms with Gasteiger partial charge < -0.3 is 20.1 Å². The Morgan fingerprint density at radius 1 is 1.38 bits per heavy atom. The lowest BCUT2D eigenvalue weighted by molar-refractivity contribution is -0.152. The lowest BCUT2D eigenvalue weighted by Crippen LogP contribution is -2.49. The third kappa shape index (κ3) is 4.11. The predicted octanol–water partition coefficient (Wildman–Crippen LogP) is 0.766. The summed E-state index contributed by atoms with van der Waals surface area (Å²) in [5.41, 5.74) is 0. The molecule has 21 heavy (non-hydrogen) atoms. The Hall–Kier alpha value is -0.790. The third-order valence-corrected chi connectivity index (χ3v) is 5.53. The largest absolute Gasteiger partial charge is 0.480 e. The van der Waals surface area contributed by atoms with E-state index in [1.165, 1.54) is 4.90 Å². The molecule has 2 fully saturated rings. The summed E-state index contributed by atoms with van der Waals surface area (Å²) in [7, 11) is 0. The summed E-state index contributed by atoms with van der Waals surface area (Å²) in [5, 5.41) is 12.5. The number of thioether (sulfide) groups is 1. The van der Waals surface area contributed by atoms with E-state index in [-0.39, 0.29) is 29.9 Å². The maximum atomic E-state index is 12.4. The minimum Gasteiger partial charge on any atom is -0.480 e. The molecule has 0 bridgehead atoms. The molecule has 120 valence electrons. The lowest BCUT2D eigenvalue weighted by atomic mass is 10.1. The molecular formula is C14H24N2O4S. The van der Waals surface area contributed by atoms with E-state index in [9.17, 15) is 14.7 Å². The van der Waals surface area contributed by atoms with Crippen molar-refractivity contribution in [2.75, 3.05) is 25.4 Å². The van der Waals surface area contributed by atoms with Crippen LogP contribution in [0.2, 0.25) is 0 Å². The molecule has 0 aromatic carbocycles. The summed E-state index contributed by atoms with van der Waals surface area (Å²) >= 11 is 1.54. The number of carbonyl (C=O) groups excluding carboxylic acids is 1. The van der Waals surface area contributed by atoms with E-state index in [0.717, 1.165) is 25.9 Å². The Kier molecular flexibility index (Phi) is 5.89. The molecule has 2 unspecified atom stereocenters. The Labute approximate surface area is 129 Å². The van der Waals surface area contributed by atoms with E-state index in [1.54, 1.807) is 11.8 Å². The highest BCUT2D eigenvalue weighted by Crippen LogP contribution is 2.34. The first kappa shape index (κ1) is 16.6. The molecule has 6 nitrogen and oxygen atoms in total. The molecule has 2 saturated heterocycles. The standard InChI is InChI=1S/C14H24N2O4S/c1-9(2)13-16(11(8-21-13)14(18)19)12(17)7-20-10-3-5-15-6-4-10/h9-11,13,15H,3-8H2,1-2H3,(H,18,19). The first-order valence-corrected chi connectivity index (χ1v) is 8.53. The molecule has 2 aliphatic rings. The van der Waals surface area contributed by atoms with Crippen LogP contribution in [0.25, 0.3) is 0 Å². The second-order valence-corrected chi connectivity index (χ2v) is 7.03. The molecule has 0 aromatic heterocycles. The maximum absolute atomic E-state index is 12.4. The first-order valence-electron chi connectivity index (χ1n) is 7.48. The highest BCUT2D eigenvalue weighted by atomic mass is 32.2. The van der Waals surface area contributed by atoms with Gasteiger partial charge in [0.2, 0.25) is 5.91 Å². The highest BCUT2D eigenvalue weighted by molar-refractivity contribution is 8.00. The summed E-state index contributed by atoms with van der Waals surface area (Å²) < 4.78 is 5.68. The number of nitrogens with zero attached hydrogens (tertiary/aromatic N) is 1. The van der Waals surface area contributed by atoms with E-state index in [0.29, 0.717) is 5.75 Å². The van der Waals surface area contributed by atoms with Crippen molar-refractivity contribution in [2.45, 2.75) is 44.2 Å². The number of amides is 1. The number of rotatable bonds is 5. The van der Waals surface area contributed by atoms with Crippen LogP contribution < -0.4 is 5.32 Å². The van der Waals surface area contributed by atoms with Crippen molar-refractivity contribution in [2.24, 2.45) is 5.92 Å². The molecule has 2 rings (SSSR count). The second kappa shape index (κ2) is 7.47. The number of nitrogens with one attached hydrogen (secondary N) is 1. The minimum atomic E-state index is -0.930. The molecule has 0 aromatic rings. The van der Waals surface area contributed by atoms with Crippen LogP contribution in [-0.4, -0.2) is 64.9 Å². The van der Waals surface area contributed by atoms with Crippen molar-refractivity contribution in [1.82, 2.24) is 10.2 Å². The van der Waals surface area contributed by atoms with E-state index in [2.05, 4.69) is 5.32 Å². The van der Waals surface area contributed by atoms with Gasteiger partial charge in [-0.05, 0) is 31.8 Å². The molecule has 1 amide bonds. The minimum absolute atomic E-state index is 0.0156. The van der Waals surface area contributed by atoms with Crippen LogP contribution in [0.4, 0.5) is 0 Å². The van der Waals surface area contributed by atoms with Gasteiger partial charge in [-0.2, -0.15) is 0 Å². The van der Waals surface area contributed by atoms with Gasteiger partial charge in [-0.15, -0.1) is 11.8 Å². The Morgan fingerprint density at radius 2 is 2.05 bits per heavy atom. The summed E-state index contributed by atoms with van der Waals surface area (Å²) in [5.74, 6) is -0.454. The van der Waals surface area contributed by atoms with Crippen LogP contribution >= 0.6 is 11.8 Å². The van der Waals surface area contributed by atoms with Gasteiger partial charge in [0.25, 0.3) is 0 Å². The molecule has 0 spiro atoms. The molecule has 0 saturated carbocycles. The summed E-state index contributed by atoms with van der Waals surface area (Å²) in [6.07, 6.45) is 1.90. The van der Waals surface area contributed by atoms with Gasteiger partial charge in [0.15, 0.2) is 0 Å². The van der Waals surface area contributed by atoms with Gasteiger partial charge in [0.05, 0.1) is 11.5 Å². The molecule has 0 radical (unpaired) electrons. The van der Waals surface area contributed by atoms with E-state index >= 15 is 0 Å². The zero-order chi connectivity index (χ0) is 15.4. The molecular weight excluding hydrogens is 292 g/mol. The lowest BCUT2D eigenvalue weighted by Gasteiger charge is -2.30. The van der Waals surface area contributed by atoms with Crippen molar-refractivity contribution in [3.05, 3.63) is 0 Å². The maximum Gasteiger partial charge on any atom is 0.327 e. The molecule has 2 aliphatic heterocycles. The van der Waals surface area contributed by atoms with Crippen LogP contribution in [0.3, 0.4) is 0 Å². The van der Waals surface area contributed by atoms with Crippen LogP contribution in [-0.2, 0) is 14.3 Å². The van der Waals surface area contributed by atoms with Gasteiger partial charge in [-0.1, -0.05) is 13.8 Å². The Morgan fingerprint density at radius 3 is 2.62 bits per heavy atom. The number of hydrogen-bond donors (Lipinski definition) is 2. The number of piperidine rings is 1. The average molecular weight is 316 g/mol. The zero-order valence-corrected chi connectivity index (χ0v) is 13.4. The van der Waals surface area contributed by atoms with E-state index in [4.69, 9.17) is 4.74 Å². The molecule has 2 heterocycles. The van der Waals surface area contributed by atoms with Crippen LogP contribution in [0.1, 0.15) is 26.7 Å². The predicted molar refractivity (Wildman–Crippen MR) is 81.2 cm³/mol. The van der Waals surface area contributed by atoms with Crippen LogP contribution in [0, 0.1) is 5.92 Å². The van der Waals surface area contributed by atoms with Gasteiger partial charge >= 0.3 is 5.97 Å². The number of aliphatic carboxylic acids is 1. The van der Waals surface area contributed by atoms with E-state index in [1.807, 2.05) is 13.8 Å². The third-order valence-electron chi connectivity index (χ3n) is 3.91. The fourth-order valence-corrected chi connectivity index (χ4v) is 4.27. The van der Waals surface area contributed by atoms with Gasteiger partial charge in [-0.25, -0.2) is 4.79 Å². The van der Waals surface area contributed by atoms with Crippen molar-refractivity contribution in [1.29, 1.82) is 0 Å². The monoisotopic (exact) mass is 316 g/mol. The number of carbonyl (C=O) groups is 2. The Balaban J connectivity index is 1.94. The van der Waals surface area contributed by atoms with Gasteiger partial charge in [-0.3, -0.25) is 4.79 Å². The topological polar surface area (TPSA) is 78.9 Å². The number of ether oxygens (including phenoxy) is 1. The summed E-state index contributed by atoms with van der Waals surface area (Å²) in [6.45, 7) is 5.82. The van der Waals surface area contributed by atoms with Crippen molar-refractivity contribution in [3.63, 3.8) is 0 Å². The van der Waals surface area contributed by atoms with Crippen LogP contribution in [0.5, 0.6) is 0 Å². The zero-order valence-electron chi connectivity index (χ0n) is 12.6. The smallest absolute Gasteiger partial charge is 0.327 e. The van der Waals surface area contributed by atoms with E-state index < -0.39 is 12.0 Å². The summed E-state index contributed by atoms with van der Waals surface area (Å²) in [4.78, 5) is 25.3. The fourth-order valence-electron chi connectivity index (χ4n) is 2.77. The Bertz CT molecular complexity index is 385. The van der Waals surface area contributed by atoms with Crippen molar-refractivity contribution >= 4 is 23.6 Å². The van der Waals surface area contributed by atoms with Gasteiger partial charge in [0.1, 0.15) is 12.6 Å². The fraction of sp³-hybridized carbons (Fsp3) is 0.857. The van der Waals surface area contributed by atoms with Crippen LogP contribution in [0.15, 0.2) is 0 Å². The van der Waals surface area contributed by atoms with Gasteiger partial charge in [0, 0.05) is 5.75 Å². The first-order chi connectivity index (χ1) is 10.0. The highest BCUT2D eigenvalue weighted by Gasteiger charge is 2.42. The average Bonchev–Trinajstić information content (AvgIpc) is 2.91.